The van der Waals surface area contributed by atoms with Crippen LogP contribution in [-0.4, -0.2) is 14.0 Å². The number of nitrogen functional groups attached to an aromatic ring is 1. The van der Waals surface area contributed by atoms with E-state index in [1.54, 1.807) is 22.9 Å². The first-order chi connectivity index (χ1) is 10.1. The van der Waals surface area contributed by atoms with Gasteiger partial charge in [0.2, 0.25) is 0 Å². The SMILES string of the molecule is Cn1nc(CS(=O)c2ccc(N)c(Cl)c2)c2ccccc21. The highest BCUT2D eigenvalue weighted by atomic mass is 35.5. The average molecular weight is 320 g/mol. The predicted molar refractivity (Wildman–Crippen MR) is 86.7 cm³/mol. The molecular formula is C15H14ClN3OS. The Hall–Kier alpha value is -1.85. The highest BCUT2D eigenvalue weighted by Crippen LogP contribution is 2.24. The van der Waals surface area contributed by atoms with E-state index in [9.17, 15) is 4.21 Å². The number of nitrogens with two attached hydrogens (primary N) is 1. The summed E-state index contributed by atoms with van der Waals surface area (Å²) in [6.07, 6.45) is 0. The molecule has 0 aliphatic carbocycles. The second-order valence-corrected chi connectivity index (χ2v) is 6.62. The molecule has 0 aliphatic rings. The van der Waals surface area contributed by atoms with E-state index in [1.165, 1.54) is 0 Å². The Balaban J connectivity index is 1.94. The quantitative estimate of drug-likeness (QED) is 0.754. The van der Waals surface area contributed by atoms with Crippen LogP contribution in [0.4, 0.5) is 5.69 Å². The smallest absolute Gasteiger partial charge is 0.0831 e. The van der Waals surface area contributed by atoms with Crippen LogP contribution in [0.1, 0.15) is 5.69 Å². The van der Waals surface area contributed by atoms with Crippen molar-refractivity contribution in [2.45, 2.75) is 10.6 Å². The molecule has 0 saturated heterocycles. The molecule has 0 bridgehead atoms. The fraction of sp³-hybridized carbons (Fsp3) is 0.133. The van der Waals surface area contributed by atoms with Crippen molar-refractivity contribution in [1.82, 2.24) is 9.78 Å². The van der Waals surface area contributed by atoms with Gasteiger partial charge in [-0.3, -0.25) is 8.89 Å². The van der Waals surface area contributed by atoms with Crippen LogP contribution < -0.4 is 5.73 Å². The van der Waals surface area contributed by atoms with Crippen molar-refractivity contribution in [2.24, 2.45) is 7.05 Å². The summed E-state index contributed by atoms with van der Waals surface area (Å²) in [5.74, 6) is 0.349. The van der Waals surface area contributed by atoms with Crippen LogP contribution in [0.2, 0.25) is 5.02 Å². The Morgan fingerprint density at radius 1 is 1.29 bits per heavy atom. The van der Waals surface area contributed by atoms with Gasteiger partial charge in [0.15, 0.2) is 0 Å². The van der Waals surface area contributed by atoms with Crippen molar-refractivity contribution >= 4 is 39.0 Å². The number of fused-ring (bicyclic) bond motifs is 1. The van der Waals surface area contributed by atoms with Crippen molar-refractivity contribution < 1.29 is 4.21 Å². The van der Waals surface area contributed by atoms with E-state index in [0.717, 1.165) is 16.6 Å². The van der Waals surface area contributed by atoms with E-state index in [-0.39, 0.29) is 0 Å². The van der Waals surface area contributed by atoms with E-state index < -0.39 is 10.8 Å². The number of hydrogen-bond acceptors (Lipinski definition) is 3. The van der Waals surface area contributed by atoms with Crippen LogP contribution in [0.5, 0.6) is 0 Å². The molecule has 2 N–H and O–H groups in total. The topological polar surface area (TPSA) is 60.9 Å². The Bertz CT molecular complexity index is 844. The fourth-order valence-electron chi connectivity index (χ4n) is 2.25. The molecule has 0 spiro atoms. The minimum Gasteiger partial charge on any atom is -0.398 e. The Morgan fingerprint density at radius 2 is 2.05 bits per heavy atom. The molecule has 21 heavy (non-hydrogen) atoms. The third-order valence-electron chi connectivity index (χ3n) is 3.34. The maximum absolute atomic E-state index is 12.5. The molecule has 1 unspecified atom stereocenters. The zero-order chi connectivity index (χ0) is 15.0. The zero-order valence-electron chi connectivity index (χ0n) is 11.4. The lowest BCUT2D eigenvalue weighted by molar-refractivity contribution is 0.681. The molecule has 0 saturated carbocycles. The summed E-state index contributed by atoms with van der Waals surface area (Å²) in [4.78, 5) is 0.656. The van der Waals surface area contributed by atoms with Gasteiger partial charge < -0.3 is 5.73 Å². The summed E-state index contributed by atoms with van der Waals surface area (Å²) >= 11 is 5.98. The van der Waals surface area contributed by atoms with Gasteiger partial charge in [-0.05, 0) is 24.3 Å². The number of benzene rings is 2. The maximum atomic E-state index is 12.5. The monoisotopic (exact) mass is 319 g/mol. The number of rotatable bonds is 3. The largest absolute Gasteiger partial charge is 0.398 e. The summed E-state index contributed by atoms with van der Waals surface area (Å²) in [5, 5.41) is 5.91. The number of hydrogen-bond donors (Lipinski definition) is 1. The molecule has 4 nitrogen and oxygen atoms in total. The standard InChI is InChI=1S/C15H14ClN3OS/c1-19-15-5-3-2-4-11(15)14(18-19)9-21(20)10-6-7-13(17)12(16)8-10/h2-8H,9,17H2,1H3. The zero-order valence-corrected chi connectivity index (χ0v) is 13.0. The molecule has 1 heterocycles. The predicted octanol–water partition coefficient (Wildman–Crippen LogP) is 3.12. The first kappa shape index (κ1) is 14.1. The van der Waals surface area contributed by atoms with Gasteiger partial charge in [0, 0.05) is 17.3 Å². The van der Waals surface area contributed by atoms with E-state index in [0.29, 0.717) is 21.4 Å². The summed E-state index contributed by atoms with van der Waals surface area (Å²) in [6, 6.07) is 13.0. The van der Waals surface area contributed by atoms with Gasteiger partial charge in [-0.1, -0.05) is 29.8 Å². The molecule has 0 radical (unpaired) electrons. The van der Waals surface area contributed by atoms with Gasteiger partial charge in [-0.2, -0.15) is 5.10 Å². The highest BCUT2D eigenvalue weighted by Gasteiger charge is 2.13. The molecule has 1 atom stereocenters. The first-order valence-electron chi connectivity index (χ1n) is 6.40. The number of aromatic nitrogens is 2. The molecule has 3 aromatic rings. The fourth-order valence-corrected chi connectivity index (χ4v) is 3.59. The average Bonchev–Trinajstić information content (AvgIpc) is 2.79. The van der Waals surface area contributed by atoms with Crippen molar-refractivity contribution in [3.05, 3.63) is 53.2 Å². The number of halogens is 1. The normalized spacial score (nSPS) is 12.7. The summed E-state index contributed by atoms with van der Waals surface area (Å²) in [5.41, 5.74) is 8.01. The van der Waals surface area contributed by atoms with Crippen molar-refractivity contribution in [2.75, 3.05) is 5.73 Å². The first-order valence-corrected chi connectivity index (χ1v) is 8.10. The molecule has 108 valence electrons. The Kier molecular flexibility index (Phi) is 3.69. The summed E-state index contributed by atoms with van der Waals surface area (Å²) in [6.45, 7) is 0. The van der Waals surface area contributed by atoms with Crippen LogP contribution in [-0.2, 0) is 23.6 Å². The van der Waals surface area contributed by atoms with Gasteiger partial charge in [-0.15, -0.1) is 0 Å². The molecule has 6 heteroatoms. The molecular weight excluding hydrogens is 306 g/mol. The maximum Gasteiger partial charge on any atom is 0.0831 e. The number of anilines is 1. The molecule has 3 rings (SSSR count). The molecule has 1 aromatic heterocycles. The third kappa shape index (κ3) is 2.66. The van der Waals surface area contributed by atoms with E-state index in [2.05, 4.69) is 5.10 Å². The molecule has 0 amide bonds. The Morgan fingerprint density at radius 3 is 2.81 bits per heavy atom. The summed E-state index contributed by atoms with van der Waals surface area (Å²) in [7, 11) is 0.672. The van der Waals surface area contributed by atoms with Gasteiger partial charge in [0.25, 0.3) is 0 Å². The van der Waals surface area contributed by atoms with Gasteiger partial charge >= 0.3 is 0 Å². The third-order valence-corrected chi connectivity index (χ3v) is 4.98. The second kappa shape index (κ2) is 5.50. The van der Waals surface area contributed by atoms with Gasteiger partial charge in [-0.25, -0.2) is 0 Å². The van der Waals surface area contributed by atoms with Crippen LogP contribution in [0, 0.1) is 0 Å². The van der Waals surface area contributed by atoms with E-state index in [1.807, 2.05) is 31.3 Å². The van der Waals surface area contributed by atoms with Gasteiger partial charge in [0.05, 0.1) is 38.5 Å². The minimum atomic E-state index is -1.21. The summed E-state index contributed by atoms with van der Waals surface area (Å²) < 4.78 is 14.3. The number of aryl methyl sites for hydroxylation is 1. The van der Waals surface area contributed by atoms with Crippen molar-refractivity contribution in [1.29, 1.82) is 0 Å². The lowest BCUT2D eigenvalue weighted by Crippen LogP contribution is -1.99. The highest BCUT2D eigenvalue weighted by molar-refractivity contribution is 7.84. The molecule has 2 aromatic carbocycles. The number of para-hydroxylation sites is 1. The number of nitrogens with zero attached hydrogens (tertiary/aromatic N) is 2. The van der Waals surface area contributed by atoms with Crippen LogP contribution in [0.3, 0.4) is 0 Å². The van der Waals surface area contributed by atoms with Crippen molar-refractivity contribution in [3.8, 4) is 0 Å². The van der Waals surface area contributed by atoms with Crippen molar-refractivity contribution in [3.63, 3.8) is 0 Å². The van der Waals surface area contributed by atoms with Crippen LogP contribution >= 0.6 is 11.6 Å². The lowest BCUT2D eigenvalue weighted by atomic mass is 10.2. The van der Waals surface area contributed by atoms with Gasteiger partial charge in [0.1, 0.15) is 0 Å². The van der Waals surface area contributed by atoms with E-state index >= 15 is 0 Å². The minimum absolute atomic E-state index is 0.349. The molecule has 0 aliphatic heterocycles. The van der Waals surface area contributed by atoms with Crippen LogP contribution in [0.25, 0.3) is 10.9 Å². The Labute approximate surface area is 130 Å². The second-order valence-electron chi connectivity index (χ2n) is 4.76. The molecule has 0 fully saturated rings. The van der Waals surface area contributed by atoms with Crippen LogP contribution in [0.15, 0.2) is 47.4 Å². The lowest BCUT2D eigenvalue weighted by Gasteiger charge is -2.03. The van der Waals surface area contributed by atoms with E-state index in [4.69, 9.17) is 17.3 Å².